The lowest BCUT2D eigenvalue weighted by Gasteiger charge is -2.18. The van der Waals surface area contributed by atoms with Gasteiger partial charge < -0.3 is 15.5 Å². The van der Waals surface area contributed by atoms with Crippen molar-refractivity contribution in [2.24, 2.45) is 0 Å². The molecule has 18 heavy (non-hydrogen) atoms. The van der Waals surface area contributed by atoms with Gasteiger partial charge >= 0.3 is 0 Å². The average Bonchev–Trinajstić information content (AvgIpc) is 2.43. The van der Waals surface area contributed by atoms with E-state index in [1.54, 1.807) is 30.6 Å². The molecule has 1 heterocycles. The molecule has 5 nitrogen and oxygen atoms in total. The van der Waals surface area contributed by atoms with Gasteiger partial charge in [0.05, 0.1) is 17.1 Å². The summed E-state index contributed by atoms with van der Waals surface area (Å²) >= 11 is 0. The molecule has 2 rings (SSSR count). The van der Waals surface area contributed by atoms with E-state index in [-0.39, 0.29) is 0 Å². The van der Waals surface area contributed by atoms with Crippen LogP contribution >= 0.6 is 0 Å². The van der Waals surface area contributed by atoms with Crippen LogP contribution in [0.3, 0.4) is 0 Å². The van der Waals surface area contributed by atoms with Crippen molar-refractivity contribution in [3.8, 4) is 0 Å². The van der Waals surface area contributed by atoms with E-state index in [0.29, 0.717) is 18.5 Å². The van der Waals surface area contributed by atoms with Crippen molar-refractivity contribution < 1.29 is 10.2 Å². The molecule has 2 unspecified atom stereocenters. The van der Waals surface area contributed by atoms with Gasteiger partial charge in [0.2, 0.25) is 0 Å². The fraction of sp³-hybridized carbons (Fsp3) is 0.385. The van der Waals surface area contributed by atoms with Crippen molar-refractivity contribution in [1.29, 1.82) is 0 Å². The van der Waals surface area contributed by atoms with Crippen molar-refractivity contribution in [1.82, 2.24) is 15.3 Å². The second-order valence-corrected chi connectivity index (χ2v) is 4.21. The molecule has 2 atom stereocenters. The molecule has 2 aromatic rings. The minimum Gasteiger partial charge on any atom is -0.390 e. The van der Waals surface area contributed by atoms with Gasteiger partial charge in [0, 0.05) is 12.4 Å². The molecule has 0 saturated heterocycles. The molecule has 0 aliphatic carbocycles. The number of aliphatic hydroxyl groups excluding tert-OH is 2. The van der Waals surface area contributed by atoms with Crippen molar-refractivity contribution in [3.05, 3.63) is 36.2 Å². The zero-order valence-electron chi connectivity index (χ0n) is 10.2. The van der Waals surface area contributed by atoms with Gasteiger partial charge in [-0.1, -0.05) is 6.07 Å². The Morgan fingerprint density at radius 1 is 1.17 bits per heavy atom. The molecule has 0 aliphatic rings. The van der Waals surface area contributed by atoms with Gasteiger partial charge in [0.25, 0.3) is 0 Å². The molecule has 0 fully saturated rings. The van der Waals surface area contributed by atoms with Gasteiger partial charge in [-0.3, -0.25) is 9.97 Å². The fourth-order valence-corrected chi connectivity index (χ4v) is 1.84. The number of benzene rings is 1. The van der Waals surface area contributed by atoms with Gasteiger partial charge in [-0.2, -0.15) is 0 Å². The van der Waals surface area contributed by atoms with Gasteiger partial charge in [-0.15, -0.1) is 0 Å². The van der Waals surface area contributed by atoms with E-state index in [2.05, 4.69) is 15.3 Å². The van der Waals surface area contributed by atoms with E-state index < -0.39 is 12.2 Å². The third-order valence-corrected chi connectivity index (χ3v) is 2.89. The van der Waals surface area contributed by atoms with Crippen LogP contribution in [0.15, 0.2) is 30.6 Å². The van der Waals surface area contributed by atoms with Crippen molar-refractivity contribution in [3.63, 3.8) is 0 Å². The van der Waals surface area contributed by atoms with E-state index in [0.717, 1.165) is 11.0 Å². The summed E-state index contributed by atoms with van der Waals surface area (Å²) in [5.41, 5.74) is 2.15. The molecule has 0 saturated carbocycles. The third kappa shape index (κ3) is 2.81. The highest BCUT2D eigenvalue weighted by atomic mass is 16.3. The summed E-state index contributed by atoms with van der Waals surface area (Å²) in [6, 6.07) is 5.32. The molecule has 0 spiro atoms. The van der Waals surface area contributed by atoms with Gasteiger partial charge in [0.1, 0.15) is 6.10 Å². The summed E-state index contributed by atoms with van der Waals surface area (Å²) in [7, 11) is 1.81. The molecule has 3 N–H and O–H groups in total. The number of hydrogen-bond donors (Lipinski definition) is 3. The number of hydrogen-bond acceptors (Lipinski definition) is 5. The SMILES string of the molecule is CNCCC(O)C(O)c1ccc2nccnc2c1. The first kappa shape index (κ1) is 12.9. The Labute approximate surface area is 106 Å². The standard InChI is InChI=1S/C13H17N3O2/c1-14-5-4-12(17)13(18)9-2-3-10-11(8-9)16-7-6-15-10/h2-3,6-8,12-14,17-18H,4-5H2,1H3. The van der Waals surface area contributed by atoms with Gasteiger partial charge in [-0.25, -0.2) is 0 Å². The van der Waals surface area contributed by atoms with Gasteiger partial charge in [-0.05, 0) is 37.7 Å². The summed E-state index contributed by atoms with van der Waals surface area (Å²) < 4.78 is 0. The van der Waals surface area contributed by atoms with E-state index in [1.165, 1.54) is 0 Å². The summed E-state index contributed by atoms with van der Waals surface area (Å²) in [6.07, 6.45) is 2.04. The van der Waals surface area contributed by atoms with E-state index >= 15 is 0 Å². The Kier molecular flexibility index (Phi) is 4.19. The molecule has 0 bridgehead atoms. The van der Waals surface area contributed by atoms with Crippen LogP contribution in [0, 0.1) is 0 Å². The fourth-order valence-electron chi connectivity index (χ4n) is 1.84. The molecule has 0 aliphatic heterocycles. The molecule has 5 heteroatoms. The van der Waals surface area contributed by atoms with Crippen LogP contribution in [0.1, 0.15) is 18.1 Å². The molecule has 96 valence electrons. The first-order chi connectivity index (χ1) is 8.72. The quantitative estimate of drug-likeness (QED) is 0.722. The molecular formula is C13H17N3O2. The largest absolute Gasteiger partial charge is 0.390 e. The van der Waals surface area contributed by atoms with Crippen molar-refractivity contribution in [2.75, 3.05) is 13.6 Å². The average molecular weight is 247 g/mol. The maximum absolute atomic E-state index is 10.0. The Morgan fingerprint density at radius 3 is 2.61 bits per heavy atom. The second-order valence-electron chi connectivity index (χ2n) is 4.21. The number of nitrogens with zero attached hydrogens (tertiary/aromatic N) is 2. The summed E-state index contributed by atoms with van der Waals surface area (Å²) in [4.78, 5) is 8.34. The lowest BCUT2D eigenvalue weighted by atomic mass is 10.0. The highest BCUT2D eigenvalue weighted by Crippen LogP contribution is 2.21. The van der Waals surface area contributed by atoms with E-state index in [1.807, 2.05) is 7.05 Å². The lowest BCUT2D eigenvalue weighted by Crippen LogP contribution is -2.23. The Morgan fingerprint density at radius 2 is 1.89 bits per heavy atom. The number of aromatic nitrogens is 2. The zero-order chi connectivity index (χ0) is 13.0. The van der Waals surface area contributed by atoms with Crippen LogP contribution in [-0.4, -0.2) is 39.9 Å². The normalized spacial score (nSPS) is 14.6. The number of fused-ring (bicyclic) bond motifs is 1. The number of aliphatic hydroxyl groups is 2. The topological polar surface area (TPSA) is 78.3 Å². The lowest BCUT2D eigenvalue weighted by molar-refractivity contribution is 0.0141. The Balaban J connectivity index is 2.19. The van der Waals surface area contributed by atoms with Crippen LogP contribution in [0.5, 0.6) is 0 Å². The first-order valence-electron chi connectivity index (χ1n) is 5.94. The Bertz CT molecular complexity index is 518. The van der Waals surface area contributed by atoms with Crippen molar-refractivity contribution >= 4 is 11.0 Å². The first-order valence-corrected chi connectivity index (χ1v) is 5.94. The predicted molar refractivity (Wildman–Crippen MR) is 69.0 cm³/mol. The molecule has 1 aromatic carbocycles. The monoisotopic (exact) mass is 247 g/mol. The van der Waals surface area contributed by atoms with Crippen molar-refractivity contribution in [2.45, 2.75) is 18.6 Å². The van der Waals surface area contributed by atoms with Crippen LogP contribution < -0.4 is 5.32 Å². The minimum atomic E-state index is -0.898. The van der Waals surface area contributed by atoms with E-state index in [9.17, 15) is 10.2 Å². The summed E-state index contributed by atoms with van der Waals surface area (Å²) in [6.45, 7) is 0.658. The van der Waals surface area contributed by atoms with E-state index in [4.69, 9.17) is 0 Å². The third-order valence-electron chi connectivity index (χ3n) is 2.89. The van der Waals surface area contributed by atoms with Crippen LogP contribution in [0.4, 0.5) is 0 Å². The van der Waals surface area contributed by atoms with Crippen LogP contribution in [0.2, 0.25) is 0 Å². The zero-order valence-corrected chi connectivity index (χ0v) is 10.2. The smallest absolute Gasteiger partial charge is 0.105 e. The maximum Gasteiger partial charge on any atom is 0.105 e. The number of rotatable bonds is 5. The minimum absolute atomic E-state index is 0.496. The van der Waals surface area contributed by atoms with Crippen LogP contribution in [0.25, 0.3) is 11.0 Å². The molecular weight excluding hydrogens is 230 g/mol. The van der Waals surface area contributed by atoms with Crippen LogP contribution in [-0.2, 0) is 0 Å². The summed E-state index contributed by atoms with van der Waals surface area (Å²) in [5, 5.41) is 22.8. The highest BCUT2D eigenvalue weighted by molar-refractivity contribution is 5.74. The molecule has 0 radical (unpaired) electrons. The molecule has 1 aromatic heterocycles. The Hall–Kier alpha value is -1.56. The number of nitrogens with one attached hydrogen (secondary N) is 1. The van der Waals surface area contributed by atoms with Gasteiger partial charge in [0.15, 0.2) is 0 Å². The second kappa shape index (κ2) is 5.86. The highest BCUT2D eigenvalue weighted by Gasteiger charge is 2.18. The molecule has 0 amide bonds. The predicted octanol–water partition coefficient (Wildman–Crippen LogP) is 0.634. The summed E-state index contributed by atoms with van der Waals surface area (Å²) in [5.74, 6) is 0. The maximum atomic E-state index is 10.0.